The van der Waals surface area contributed by atoms with Gasteiger partial charge in [0, 0.05) is 11.1 Å². The van der Waals surface area contributed by atoms with Crippen molar-refractivity contribution in [1.29, 1.82) is 10.5 Å². The average molecular weight is 238 g/mol. The molecule has 86 valence electrons. The van der Waals surface area contributed by atoms with E-state index >= 15 is 0 Å². The summed E-state index contributed by atoms with van der Waals surface area (Å²) in [5, 5.41) is 24.0. The first-order valence-electron chi connectivity index (χ1n) is 5.06. The summed E-state index contributed by atoms with van der Waals surface area (Å²) in [6.07, 6.45) is 2.94. The van der Waals surface area contributed by atoms with Crippen molar-refractivity contribution in [3.05, 3.63) is 47.4 Å². The normalized spacial score (nSPS) is 9.28. The zero-order valence-electron chi connectivity index (χ0n) is 9.18. The van der Waals surface area contributed by atoms with Gasteiger partial charge in [-0.25, -0.2) is 4.39 Å². The number of nitrogens with zero attached hydrogens (tertiary/aromatic N) is 3. The monoisotopic (exact) mass is 238 g/mol. The van der Waals surface area contributed by atoms with E-state index < -0.39 is 0 Å². The Labute approximate surface area is 103 Å². The Morgan fingerprint density at radius 3 is 2.50 bits per heavy atom. The Morgan fingerprint density at radius 1 is 1.22 bits per heavy atom. The summed E-state index contributed by atoms with van der Waals surface area (Å²) in [5.74, 6) is -0.329. The molecule has 0 unspecified atom stereocenters. The molecule has 1 aromatic carbocycles. The van der Waals surface area contributed by atoms with Gasteiger partial charge in [-0.1, -0.05) is 0 Å². The maximum Gasteiger partial charge on any atom is 0.130 e. The van der Waals surface area contributed by atoms with E-state index in [2.05, 4.69) is 10.2 Å². The number of allylic oxidation sites excluding steroid dienone is 1. The van der Waals surface area contributed by atoms with Crippen LogP contribution in [0.15, 0.2) is 36.0 Å². The van der Waals surface area contributed by atoms with Crippen molar-refractivity contribution >= 4 is 6.08 Å². The lowest BCUT2D eigenvalue weighted by Gasteiger charge is -1.99. The van der Waals surface area contributed by atoms with Crippen LogP contribution in [0.3, 0.4) is 0 Å². The van der Waals surface area contributed by atoms with Crippen LogP contribution < -0.4 is 0 Å². The second-order valence-electron chi connectivity index (χ2n) is 3.49. The molecule has 0 amide bonds. The van der Waals surface area contributed by atoms with E-state index in [-0.39, 0.29) is 11.4 Å². The summed E-state index contributed by atoms with van der Waals surface area (Å²) in [6.45, 7) is 0. The molecule has 18 heavy (non-hydrogen) atoms. The maximum atomic E-state index is 12.8. The molecule has 0 aliphatic rings. The van der Waals surface area contributed by atoms with Gasteiger partial charge in [0.1, 0.15) is 23.5 Å². The third kappa shape index (κ3) is 2.26. The Hall–Kier alpha value is -2.92. The van der Waals surface area contributed by atoms with E-state index in [0.717, 1.165) is 5.56 Å². The molecule has 0 spiro atoms. The van der Waals surface area contributed by atoms with Crippen LogP contribution in [-0.2, 0) is 0 Å². The maximum absolute atomic E-state index is 12.8. The quantitative estimate of drug-likeness (QED) is 0.817. The fourth-order valence-electron chi connectivity index (χ4n) is 1.50. The molecule has 5 heteroatoms. The molecule has 4 nitrogen and oxygen atoms in total. The number of aromatic nitrogens is 2. The van der Waals surface area contributed by atoms with Crippen molar-refractivity contribution in [2.24, 2.45) is 0 Å². The Bertz CT molecular complexity index is 652. The van der Waals surface area contributed by atoms with Crippen molar-refractivity contribution < 1.29 is 4.39 Å². The number of H-pyrrole nitrogens is 1. The minimum atomic E-state index is -0.329. The second kappa shape index (κ2) is 4.94. The molecule has 0 atom stereocenters. The number of nitrogens with one attached hydrogen (secondary N) is 1. The highest BCUT2D eigenvalue weighted by molar-refractivity contribution is 5.74. The first-order valence-corrected chi connectivity index (χ1v) is 5.06. The van der Waals surface area contributed by atoms with Gasteiger partial charge in [0.05, 0.1) is 11.9 Å². The number of hydrogen-bond acceptors (Lipinski definition) is 3. The van der Waals surface area contributed by atoms with Gasteiger partial charge in [-0.05, 0) is 30.3 Å². The fourth-order valence-corrected chi connectivity index (χ4v) is 1.50. The predicted molar refractivity (Wildman–Crippen MR) is 63.2 cm³/mol. The molecule has 0 saturated carbocycles. The first kappa shape index (κ1) is 11.6. The van der Waals surface area contributed by atoms with Crippen molar-refractivity contribution in [1.82, 2.24) is 10.2 Å². The van der Waals surface area contributed by atoms with Crippen LogP contribution in [0.4, 0.5) is 4.39 Å². The standard InChI is InChI=1S/C13H7FN4/c14-12-3-1-10(2-4-12)13-11(8-17-18-13)5-9(6-15)7-16/h1-5,8H,(H,17,18). The highest BCUT2D eigenvalue weighted by Crippen LogP contribution is 2.23. The topological polar surface area (TPSA) is 76.3 Å². The number of aromatic amines is 1. The summed E-state index contributed by atoms with van der Waals surface area (Å²) in [4.78, 5) is 0. The molecular formula is C13H7FN4. The third-order valence-corrected chi connectivity index (χ3v) is 2.34. The molecule has 0 saturated heterocycles. The number of nitriles is 2. The van der Waals surface area contributed by atoms with Gasteiger partial charge in [-0.2, -0.15) is 15.6 Å². The summed E-state index contributed by atoms with van der Waals surface area (Å²) >= 11 is 0. The molecule has 1 aromatic heterocycles. The number of benzene rings is 1. The predicted octanol–water partition coefficient (Wildman–Crippen LogP) is 2.65. The zero-order chi connectivity index (χ0) is 13.0. The molecule has 1 N–H and O–H groups in total. The SMILES string of the molecule is N#CC(C#N)=Cc1cn[nH]c1-c1ccc(F)cc1. The van der Waals surface area contributed by atoms with E-state index in [1.54, 1.807) is 24.3 Å². The molecule has 2 aromatic rings. The van der Waals surface area contributed by atoms with Crippen LogP contribution >= 0.6 is 0 Å². The van der Waals surface area contributed by atoms with Crippen molar-refractivity contribution in [3.63, 3.8) is 0 Å². The highest BCUT2D eigenvalue weighted by Gasteiger charge is 2.07. The Balaban J connectivity index is 2.47. The van der Waals surface area contributed by atoms with E-state index in [4.69, 9.17) is 10.5 Å². The number of hydrogen-bond donors (Lipinski definition) is 1. The second-order valence-corrected chi connectivity index (χ2v) is 3.49. The summed E-state index contributed by atoms with van der Waals surface area (Å²) in [6, 6.07) is 9.41. The molecule has 0 aliphatic carbocycles. The minimum Gasteiger partial charge on any atom is -0.277 e. The fraction of sp³-hybridized carbons (Fsp3) is 0. The minimum absolute atomic E-state index is 0.0141. The summed E-state index contributed by atoms with van der Waals surface area (Å²) in [7, 11) is 0. The first-order chi connectivity index (χ1) is 8.74. The lowest BCUT2D eigenvalue weighted by Crippen LogP contribution is -1.83. The van der Waals surface area contributed by atoms with Crippen LogP contribution in [0.1, 0.15) is 5.56 Å². The van der Waals surface area contributed by atoms with E-state index in [0.29, 0.717) is 11.3 Å². The Kier molecular flexibility index (Phi) is 3.17. The lowest BCUT2D eigenvalue weighted by molar-refractivity contribution is 0.628. The molecule has 1 heterocycles. The van der Waals surface area contributed by atoms with Gasteiger partial charge in [-0.15, -0.1) is 0 Å². The lowest BCUT2D eigenvalue weighted by atomic mass is 10.1. The van der Waals surface area contributed by atoms with Crippen LogP contribution in [0.25, 0.3) is 17.3 Å². The Morgan fingerprint density at radius 2 is 1.89 bits per heavy atom. The van der Waals surface area contributed by atoms with E-state index in [9.17, 15) is 4.39 Å². The molecule has 2 rings (SSSR count). The van der Waals surface area contributed by atoms with Gasteiger partial charge in [0.2, 0.25) is 0 Å². The van der Waals surface area contributed by atoms with Gasteiger partial charge in [0.25, 0.3) is 0 Å². The van der Waals surface area contributed by atoms with Gasteiger partial charge in [-0.3, -0.25) is 5.10 Å². The average Bonchev–Trinajstić information content (AvgIpc) is 2.85. The largest absolute Gasteiger partial charge is 0.277 e. The molecule has 0 aliphatic heterocycles. The van der Waals surface area contributed by atoms with Crippen molar-refractivity contribution in [2.45, 2.75) is 0 Å². The third-order valence-electron chi connectivity index (χ3n) is 2.34. The zero-order valence-corrected chi connectivity index (χ0v) is 9.18. The van der Waals surface area contributed by atoms with Crippen LogP contribution in [-0.4, -0.2) is 10.2 Å². The van der Waals surface area contributed by atoms with Crippen molar-refractivity contribution in [3.8, 4) is 23.4 Å². The van der Waals surface area contributed by atoms with E-state index in [1.807, 2.05) is 0 Å². The number of rotatable bonds is 2. The smallest absolute Gasteiger partial charge is 0.130 e. The van der Waals surface area contributed by atoms with E-state index in [1.165, 1.54) is 24.4 Å². The molecule has 0 bridgehead atoms. The van der Waals surface area contributed by atoms with Gasteiger partial charge in [0.15, 0.2) is 0 Å². The van der Waals surface area contributed by atoms with Crippen LogP contribution in [0.5, 0.6) is 0 Å². The molecule has 0 radical (unpaired) electrons. The number of halogens is 1. The van der Waals surface area contributed by atoms with Crippen LogP contribution in [0.2, 0.25) is 0 Å². The highest BCUT2D eigenvalue weighted by atomic mass is 19.1. The molecular weight excluding hydrogens is 231 g/mol. The van der Waals surface area contributed by atoms with Gasteiger partial charge < -0.3 is 0 Å². The van der Waals surface area contributed by atoms with Gasteiger partial charge >= 0.3 is 0 Å². The van der Waals surface area contributed by atoms with Crippen LogP contribution in [0, 0.1) is 28.5 Å². The summed E-state index contributed by atoms with van der Waals surface area (Å²) in [5.41, 5.74) is 1.97. The molecule has 0 fully saturated rings. The summed E-state index contributed by atoms with van der Waals surface area (Å²) < 4.78 is 12.8. The van der Waals surface area contributed by atoms with Crippen molar-refractivity contribution in [2.75, 3.05) is 0 Å².